The summed E-state index contributed by atoms with van der Waals surface area (Å²) in [5, 5.41) is 8.88. The van der Waals surface area contributed by atoms with Crippen LogP contribution < -0.4 is 4.74 Å². The molecule has 1 N–H and O–H groups in total. The Morgan fingerprint density at radius 1 is 1.00 bits per heavy atom. The van der Waals surface area contributed by atoms with Gasteiger partial charge < -0.3 is 9.84 Å². The first-order valence-electron chi connectivity index (χ1n) is 8.63. The molecule has 3 rings (SSSR count). The average molecular weight is 340 g/mol. The van der Waals surface area contributed by atoms with Crippen molar-refractivity contribution in [3.8, 4) is 11.5 Å². The van der Waals surface area contributed by atoms with Gasteiger partial charge in [-0.25, -0.2) is 0 Å². The van der Waals surface area contributed by atoms with Crippen molar-refractivity contribution in [2.24, 2.45) is 0 Å². The third kappa shape index (κ3) is 4.81. The Balaban J connectivity index is 1.56. The third-order valence-electron chi connectivity index (χ3n) is 4.65. The number of rotatable bonds is 6. The zero-order valence-electron chi connectivity index (χ0n) is 14.5. The van der Waals surface area contributed by atoms with E-state index in [-0.39, 0.29) is 6.54 Å². The van der Waals surface area contributed by atoms with Crippen LogP contribution in [0.4, 0.5) is 0 Å². The first-order chi connectivity index (χ1) is 12.1. The van der Waals surface area contributed by atoms with E-state index in [1.54, 1.807) is 0 Å². The number of hydrogen-bond acceptors (Lipinski definition) is 4. The van der Waals surface area contributed by atoms with Gasteiger partial charge in [0.15, 0.2) is 0 Å². The molecule has 25 heavy (non-hydrogen) atoms. The predicted molar refractivity (Wildman–Crippen MR) is 97.0 cm³/mol. The second-order valence-corrected chi connectivity index (χ2v) is 6.37. The summed E-state index contributed by atoms with van der Waals surface area (Å²) >= 11 is 0. The van der Waals surface area contributed by atoms with Crippen LogP contribution in [0.5, 0.6) is 11.5 Å². The second-order valence-electron chi connectivity index (χ2n) is 6.37. The van der Waals surface area contributed by atoms with Gasteiger partial charge >= 0.3 is 5.97 Å². The van der Waals surface area contributed by atoms with Gasteiger partial charge in [0, 0.05) is 32.2 Å². The number of carbonyl (C=O) groups is 1. The number of carboxylic acids is 1. The molecule has 5 heteroatoms. The molecule has 0 amide bonds. The Kier molecular flexibility index (Phi) is 5.68. The predicted octanol–water partition coefficient (Wildman–Crippen LogP) is 3.24. The van der Waals surface area contributed by atoms with Gasteiger partial charge in [-0.1, -0.05) is 30.3 Å². The van der Waals surface area contributed by atoms with Crippen LogP contribution in [-0.4, -0.2) is 53.6 Å². The van der Waals surface area contributed by atoms with Crippen LogP contribution in [-0.2, 0) is 4.79 Å². The third-order valence-corrected chi connectivity index (χ3v) is 4.65. The number of benzene rings is 2. The minimum Gasteiger partial charge on any atom is -0.480 e. The number of carboxylic acid groups (broad SMARTS) is 1. The van der Waals surface area contributed by atoms with Gasteiger partial charge in [0.1, 0.15) is 11.5 Å². The summed E-state index contributed by atoms with van der Waals surface area (Å²) in [7, 11) is 0. The SMILES string of the molecule is CC(c1ccc(Oc2ccccc2)cc1)N1CCN(CC(=O)O)CC1. The highest BCUT2D eigenvalue weighted by Gasteiger charge is 2.23. The van der Waals surface area contributed by atoms with Gasteiger partial charge in [-0.2, -0.15) is 0 Å². The van der Waals surface area contributed by atoms with Crippen molar-refractivity contribution in [1.82, 2.24) is 9.80 Å². The molecule has 1 heterocycles. The molecule has 1 unspecified atom stereocenters. The second kappa shape index (κ2) is 8.14. The molecule has 0 saturated carbocycles. The quantitative estimate of drug-likeness (QED) is 0.875. The van der Waals surface area contributed by atoms with Crippen LogP contribution in [0.3, 0.4) is 0 Å². The molecule has 1 fully saturated rings. The van der Waals surface area contributed by atoms with E-state index in [4.69, 9.17) is 9.84 Å². The summed E-state index contributed by atoms with van der Waals surface area (Å²) < 4.78 is 5.83. The molecule has 1 atom stereocenters. The molecule has 1 saturated heterocycles. The van der Waals surface area contributed by atoms with E-state index in [1.165, 1.54) is 5.56 Å². The first kappa shape index (κ1) is 17.5. The van der Waals surface area contributed by atoms with Crippen LogP contribution in [0.2, 0.25) is 0 Å². The summed E-state index contributed by atoms with van der Waals surface area (Å²) in [6, 6.07) is 18.3. The minimum atomic E-state index is -0.754. The number of aliphatic carboxylic acids is 1. The number of nitrogens with zero attached hydrogens (tertiary/aromatic N) is 2. The largest absolute Gasteiger partial charge is 0.480 e. The van der Waals surface area contributed by atoms with Crippen molar-refractivity contribution in [2.75, 3.05) is 32.7 Å². The Morgan fingerprint density at radius 2 is 1.60 bits per heavy atom. The molecule has 1 aliphatic heterocycles. The fourth-order valence-electron chi connectivity index (χ4n) is 3.15. The minimum absolute atomic E-state index is 0.133. The van der Waals surface area contributed by atoms with Crippen molar-refractivity contribution in [3.05, 3.63) is 60.2 Å². The lowest BCUT2D eigenvalue weighted by Crippen LogP contribution is -2.48. The topological polar surface area (TPSA) is 53.0 Å². The maximum atomic E-state index is 10.8. The van der Waals surface area contributed by atoms with Gasteiger partial charge in [-0.05, 0) is 36.8 Å². The van der Waals surface area contributed by atoms with E-state index < -0.39 is 5.97 Å². The van der Waals surface area contributed by atoms with E-state index in [0.717, 1.165) is 37.7 Å². The molecule has 0 bridgehead atoms. The van der Waals surface area contributed by atoms with E-state index >= 15 is 0 Å². The Morgan fingerprint density at radius 3 is 2.20 bits per heavy atom. The molecule has 0 aromatic heterocycles. The summed E-state index contributed by atoms with van der Waals surface area (Å²) in [5.41, 5.74) is 1.24. The number of ether oxygens (including phenoxy) is 1. The smallest absolute Gasteiger partial charge is 0.317 e. The van der Waals surface area contributed by atoms with Crippen molar-refractivity contribution in [1.29, 1.82) is 0 Å². The summed E-state index contributed by atoms with van der Waals surface area (Å²) in [6.07, 6.45) is 0. The van der Waals surface area contributed by atoms with Gasteiger partial charge in [-0.3, -0.25) is 14.6 Å². The van der Waals surface area contributed by atoms with Crippen molar-refractivity contribution in [2.45, 2.75) is 13.0 Å². The summed E-state index contributed by atoms with van der Waals surface area (Å²) in [4.78, 5) is 15.2. The Hall–Kier alpha value is -2.37. The molecule has 0 spiro atoms. The average Bonchev–Trinajstić information content (AvgIpc) is 2.63. The molecule has 2 aromatic carbocycles. The van der Waals surface area contributed by atoms with E-state index in [2.05, 4.69) is 24.0 Å². The van der Waals surface area contributed by atoms with E-state index in [9.17, 15) is 4.79 Å². The molecular weight excluding hydrogens is 316 g/mol. The van der Waals surface area contributed by atoms with Crippen LogP contribution in [0.25, 0.3) is 0 Å². The molecule has 132 valence electrons. The number of para-hydroxylation sites is 1. The monoisotopic (exact) mass is 340 g/mol. The van der Waals surface area contributed by atoms with Gasteiger partial charge in [0.05, 0.1) is 6.54 Å². The lowest BCUT2D eigenvalue weighted by molar-refractivity contribution is -0.138. The van der Waals surface area contributed by atoms with Crippen LogP contribution in [0.1, 0.15) is 18.5 Å². The van der Waals surface area contributed by atoms with Crippen molar-refractivity contribution >= 4 is 5.97 Å². The molecule has 0 radical (unpaired) electrons. The standard InChI is InChI=1S/C20H24N2O3/c1-16(22-13-11-21(12-14-22)15-20(23)24)17-7-9-19(10-8-17)25-18-5-3-2-4-6-18/h2-10,16H,11-15H2,1H3,(H,23,24). The maximum Gasteiger partial charge on any atom is 0.317 e. The lowest BCUT2D eigenvalue weighted by Gasteiger charge is -2.37. The van der Waals surface area contributed by atoms with Crippen molar-refractivity contribution in [3.63, 3.8) is 0 Å². The molecule has 2 aromatic rings. The molecule has 5 nitrogen and oxygen atoms in total. The van der Waals surface area contributed by atoms with Crippen LogP contribution in [0, 0.1) is 0 Å². The highest BCUT2D eigenvalue weighted by Crippen LogP contribution is 2.26. The van der Waals surface area contributed by atoms with Crippen molar-refractivity contribution < 1.29 is 14.6 Å². The van der Waals surface area contributed by atoms with Gasteiger partial charge in [0.2, 0.25) is 0 Å². The Bertz CT molecular complexity index is 680. The lowest BCUT2D eigenvalue weighted by atomic mass is 10.1. The zero-order chi connectivity index (χ0) is 17.6. The Labute approximate surface area is 148 Å². The van der Waals surface area contributed by atoms with E-state index in [0.29, 0.717) is 6.04 Å². The van der Waals surface area contributed by atoms with Gasteiger partial charge in [0.25, 0.3) is 0 Å². The number of piperazine rings is 1. The first-order valence-corrected chi connectivity index (χ1v) is 8.63. The van der Waals surface area contributed by atoms with E-state index in [1.807, 2.05) is 47.4 Å². The van der Waals surface area contributed by atoms with Crippen LogP contribution in [0.15, 0.2) is 54.6 Å². The van der Waals surface area contributed by atoms with Gasteiger partial charge in [-0.15, -0.1) is 0 Å². The molecule has 1 aliphatic rings. The fraction of sp³-hybridized carbons (Fsp3) is 0.350. The highest BCUT2D eigenvalue weighted by molar-refractivity contribution is 5.69. The molecular formula is C20H24N2O3. The maximum absolute atomic E-state index is 10.8. The highest BCUT2D eigenvalue weighted by atomic mass is 16.5. The summed E-state index contributed by atoms with van der Waals surface area (Å²) in [6.45, 7) is 5.69. The normalized spacial score (nSPS) is 17.2. The summed E-state index contributed by atoms with van der Waals surface area (Å²) in [5.74, 6) is 0.904. The molecule has 0 aliphatic carbocycles. The fourth-order valence-corrected chi connectivity index (χ4v) is 3.15. The van der Waals surface area contributed by atoms with Crippen LogP contribution >= 0.6 is 0 Å². The zero-order valence-corrected chi connectivity index (χ0v) is 14.5. The number of hydrogen-bond donors (Lipinski definition) is 1.